The number of carbonyl (C=O) groups excluding carboxylic acids is 1. The zero-order valence-electron chi connectivity index (χ0n) is 10.5. The Balaban J connectivity index is 1.99. The fourth-order valence-electron chi connectivity index (χ4n) is 1.49. The summed E-state index contributed by atoms with van der Waals surface area (Å²) in [5, 5.41) is 3.47. The van der Waals surface area contributed by atoms with Gasteiger partial charge in [0.25, 0.3) is 5.91 Å². The molecular formula is C13H16N2O2S. The summed E-state index contributed by atoms with van der Waals surface area (Å²) in [6, 6.07) is 9.32. The summed E-state index contributed by atoms with van der Waals surface area (Å²) in [6.45, 7) is 4.26. The van der Waals surface area contributed by atoms with Crippen molar-refractivity contribution in [2.45, 2.75) is 19.4 Å². The monoisotopic (exact) mass is 264 g/mol. The average molecular weight is 264 g/mol. The molecule has 1 aromatic rings. The van der Waals surface area contributed by atoms with Crippen molar-refractivity contribution in [2.24, 2.45) is 4.99 Å². The summed E-state index contributed by atoms with van der Waals surface area (Å²) in [5.74, 6) is 1.42. The molecule has 0 saturated carbocycles. The molecule has 96 valence electrons. The SMILES string of the molecule is CC(C)(Oc1ccccc1)C(=O)NC1=NCCS1. The van der Waals surface area contributed by atoms with Gasteiger partial charge in [-0.25, -0.2) is 0 Å². The number of hydrogen-bond acceptors (Lipinski definition) is 4. The molecule has 0 spiro atoms. The van der Waals surface area contributed by atoms with Crippen molar-refractivity contribution < 1.29 is 9.53 Å². The van der Waals surface area contributed by atoms with Gasteiger partial charge in [-0.1, -0.05) is 30.0 Å². The Kier molecular flexibility index (Phi) is 3.91. The minimum absolute atomic E-state index is 0.181. The van der Waals surface area contributed by atoms with Gasteiger partial charge >= 0.3 is 0 Å². The standard InChI is InChI=1S/C13H16N2O2S/c1-13(2,17-10-6-4-3-5-7-10)11(16)15-12-14-8-9-18-12/h3-7H,8-9H2,1-2H3,(H,14,15,16). The summed E-state index contributed by atoms with van der Waals surface area (Å²) in [4.78, 5) is 16.3. The first-order valence-electron chi connectivity index (χ1n) is 5.81. The molecule has 1 aliphatic rings. The van der Waals surface area contributed by atoms with Gasteiger partial charge in [-0.15, -0.1) is 0 Å². The number of carbonyl (C=O) groups is 1. The van der Waals surface area contributed by atoms with E-state index in [4.69, 9.17) is 4.74 Å². The smallest absolute Gasteiger partial charge is 0.269 e. The van der Waals surface area contributed by atoms with Crippen LogP contribution in [-0.4, -0.2) is 29.0 Å². The number of para-hydroxylation sites is 1. The Labute approximate surface area is 111 Å². The minimum Gasteiger partial charge on any atom is -0.478 e. The topological polar surface area (TPSA) is 50.7 Å². The maximum Gasteiger partial charge on any atom is 0.269 e. The van der Waals surface area contributed by atoms with Crippen LogP contribution in [0.15, 0.2) is 35.3 Å². The summed E-state index contributed by atoms with van der Waals surface area (Å²) in [7, 11) is 0. The third-order valence-corrected chi connectivity index (χ3v) is 3.36. The normalized spacial score (nSPS) is 15.1. The van der Waals surface area contributed by atoms with Gasteiger partial charge in [0.15, 0.2) is 10.8 Å². The lowest BCUT2D eigenvalue weighted by molar-refractivity contribution is -0.132. The highest BCUT2D eigenvalue weighted by Gasteiger charge is 2.31. The van der Waals surface area contributed by atoms with Crippen LogP contribution in [0.4, 0.5) is 0 Å². The molecule has 1 amide bonds. The number of amidine groups is 1. The molecule has 5 heteroatoms. The molecule has 0 unspecified atom stereocenters. The van der Waals surface area contributed by atoms with Crippen LogP contribution in [0.1, 0.15) is 13.8 Å². The van der Waals surface area contributed by atoms with E-state index in [9.17, 15) is 4.79 Å². The van der Waals surface area contributed by atoms with Crippen molar-refractivity contribution in [3.05, 3.63) is 30.3 Å². The van der Waals surface area contributed by atoms with Gasteiger partial charge in [0, 0.05) is 5.75 Å². The van der Waals surface area contributed by atoms with Gasteiger partial charge in [0.1, 0.15) is 5.75 Å². The summed E-state index contributed by atoms with van der Waals surface area (Å²) in [6.07, 6.45) is 0. The molecule has 0 bridgehead atoms. The molecule has 18 heavy (non-hydrogen) atoms. The number of nitrogens with one attached hydrogen (secondary N) is 1. The van der Waals surface area contributed by atoms with Gasteiger partial charge in [-0.3, -0.25) is 9.79 Å². The second-order valence-corrected chi connectivity index (χ2v) is 5.50. The van der Waals surface area contributed by atoms with Crippen LogP contribution in [0, 0.1) is 0 Å². The fourth-order valence-corrected chi connectivity index (χ4v) is 2.21. The van der Waals surface area contributed by atoms with Crippen molar-refractivity contribution in [2.75, 3.05) is 12.3 Å². The van der Waals surface area contributed by atoms with Crippen LogP contribution in [0.25, 0.3) is 0 Å². The Bertz CT molecular complexity index is 457. The first kappa shape index (κ1) is 13.0. The summed E-state index contributed by atoms with van der Waals surface area (Å²) in [5.41, 5.74) is -0.924. The quantitative estimate of drug-likeness (QED) is 0.909. The minimum atomic E-state index is -0.924. The molecule has 1 N–H and O–H groups in total. The van der Waals surface area contributed by atoms with Gasteiger partial charge in [-0.2, -0.15) is 0 Å². The second kappa shape index (κ2) is 5.44. The Morgan fingerprint density at radius 1 is 1.39 bits per heavy atom. The molecule has 1 aromatic carbocycles. The van der Waals surface area contributed by atoms with E-state index < -0.39 is 5.60 Å². The van der Waals surface area contributed by atoms with Crippen molar-refractivity contribution >= 4 is 22.8 Å². The third kappa shape index (κ3) is 3.26. The van der Waals surface area contributed by atoms with Crippen LogP contribution in [0.2, 0.25) is 0 Å². The van der Waals surface area contributed by atoms with Crippen molar-refractivity contribution in [1.82, 2.24) is 5.32 Å². The van der Waals surface area contributed by atoms with Crippen molar-refractivity contribution in [3.8, 4) is 5.75 Å². The van der Waals surface area contributed by atoms with Gasteiger partial charge in [-0.05, 0) is 26.0 Å². The predicted octanol–water partition coefficient (Wildman–Crippen LogP) is 2.06. The zero-order valence-corrected chi connectivity index (χ0v) is 11.3. The largest absolute Gasteiger partial charge is 0.478 e. The number of thioether (sulfide) groups is 1. The van der Waals surface area contributed by atoms with E-state index in [1.165, 1.54) is 0 Å². The Morgan fingerprint density at radius 2 is 2.11 bits per heavy atom. The lowest BCUT2D eigenvalue weighted by Gasteiger charge is -2.25. The van der Waals surface area contributed by atoms with E-state index >= 15 is 0 Å². The third-order valence-electron chi connectivity index (χ3n) is 2.47. The number of ether oxygens (including phenoxy) is 1. The Morgan fingerprint density at radius 3 is 2.72 bits per heavy atom. The highest BCUT2D eigenvalue weighted by molar-refractivity contribution is 8.14. The number of aliphatic imine (C=N–C) groups is 1. The van der Waals surface area contributed by atoms with Crippen LogP contribution in [0.3, 0.4) is 0 Å². The molecule has 2 rings (SSSR count). The van der Waals surface area contributed by atoms with E-state index in [1.807, 2.05) is 30.3 Å². The number of rotatable bonds is 3. The molecular weight excluding hydrogens is 248 g/mol. The van der Waals surface area contributed by atoms with Crippen LogP contribution in [0.5, 0.6) is 5.75 Å². The fraction of sp³-hybridized carbons (Fsp3) is 0.385. The van der Waals surface area contributed by atoms with E-state index in [0.29, 0.717) is 10.9 Å². The van der Waals surface area contributed by atoms with E-state index in [0.717, 1.165) is 12.3 Å². The average Bonchev–Trinajstić information content (AvgIpc) is 2.82. The number of amides is 1. The molecule has 0 saturated heterocycles. The Hall–Kier alpha value is -1.49. The van der Waals surface area contributed by atoms with Crippen molar-refractivity contribution in [1.29, 1.82) is 0 Å². The summed E-state index contributed by atoms with van der Waals surface area (Å²) >= 11 is 1.56. The second-order valence-electron chi connectivity index (χ2n) is 4.41. The lowest BCUT2D eigenvalue weighted by atomic mass is 10.1. The predicted molar refractivity (Wildman–Crippen MR) is 74.1 cm³/mol. The number of nitrogens with zero attached hydrogens (tertiary/aromatic N) is 1. The molecule has 4 nitrogen and oxygen atoms in total. The van der Waals surface area contributed by atoms with E-state index in [1.54, 1.807) is 25.6 Å². The maximum atomic E-state index is 12.1. The maximum absolute atomic E-state index is 12.1. The molecule has 0 atom stereocenters. The lowest BCUT2D eigenvalue weighted by Crippen LogP contribution is -2.47. The van der Waals surface area contributed by atoms with E-state index in [2.05, 4.69) is 10.3 Å². The highest BCUT2D eigenvalue weighted by atomic mass is 32.2. The van der Waals surface area contributed by atoms with Gasteiger partial charge in [0.2, 0.25) is 0 Å². The van der Waals surface area contributed by atoms with Gasteiger partial charge < -0.3 is 10.1 Å². The first-order valence-corrected chi connectivity index (χ1v) is 6.79. The molecule has 0 fully saturated rings. The highest BCUT2D eigenvalue weighted by Crippen LogP contribution is 2.18. The molecule has 1 aliphatic heterocycles. The molecule has 1 heterocycles. The molecule has 0 aromatic heterocycles. The first-order chi connectivity index (χ1) is 8.58. The number of hydrogen-bond donors (Lipinski definition) is 1. The van der Waals surface area contributed by atoms with Crippen molar-refractivity contribution in [3.63, 3.8) is 0 Å². The number of benzene rings is 1. The van der Waals surface area contributed by atoms with Crippen LogP contribution < -0.4 is 10.1 Å². The summed E-state index contributed by atoms with van der Waals surface area (Å²) < 4.78 is 5.70. The molecule has 0 aliphatic carbocycles. The van der Waals surface area contributed by atoms with Gasteiger partial charge in [0.05, 0.1) is 6.54 Å². The van der Waals surface area contributed by atoms with Crippen LogP contribution >= 0.6 is 11.8 Å². The molecule has 0 radical (unpaired) electrons. The van der Waals surface area contributed by atoms with E-state index in [-0.39, 0.29) is 5.91 Å². The van der Waals surface area contributed by atoms with Crippen LogP contribution in [-0.2, 0) is 4.79 Å². The zero-order chi connectivity index (χ0) is 13.0.